The highest BCUT2D eigenvalue weighted by molar-refractivity contribution is 7.86. The fraction of sp³-hybridized carbons (Fsp3) is 0.263. The van der Waals surface area contributed by atoms with Gasteiger partial charge in [0.2, 0.25) is 5.91 Å². The van der Waals surface area contributed by atoms with Gasteiger partial charge in [-0.2, -0.15) is 34.8 Å². The summed E-state index contributed by atoms with van der Waals surface area (Å²) >= 11 is 0. The number of nitrogens with two attached hydrogens (primary N) is 1. The van der Waals surface area contributed by atoms with Crippen molar-refractivity contribution in [2.45, 2.75) is 24.9 Å². The highest BCUT2D eigenvalue weighted by atomic mass is 32.2. The second kappa shape index (κ2) is 8.77. The zero-order valence-electron chi connectivity index (χ0n) is 17.1. The molecule has 0 saturated carbocycles. The van der Waals surface area contributed by atoms with Gasteiger partial charge in [-0.05, 0) is 30.7 Å². The Bertz CT molecular complexity index is 1230. The topological polar surface area (TPSA) is 116 Å². The first-order valence-electron chi connectivity index (χ1n) is 8.86. The number of nitrogens with one attached hydrogen (secondary N) is 1. The second-order valence-corrected chi connectivity index (χ2v) is 8.54. The number of halogens is 7. The minimum Gasteiger partial charge on any atom is -0.382 e. The van der Waals surface area contributed by atoms with Crippen LogP contribution in [0.2, 0.25) is 0 Å². The largest absolute Gasteiger partial charge is 0.435 e. The fourth-order valence-corrected chi connectivity index (χ4v) is 3.36. The minimum atomic E-state index is -6.33. The number of aryl methyl sites for hydroxylation is 1. The van der Waals surface area contributed by atoms with E-state index in [1.807, 2.05) is 0 Å². The summed E-state index contributed by atoms with van der Waals surface area (Å²) in [6.45, 7) is 0.986. The Morgan fingerprint density at radius 3 is 1.97 bits per heavy atom. The molecule has 2 rings (SSSR count). The Hall–Kier alpha value is -3.36. The first-order chi connectivity index (χ1) is 15.3. The van der Waals surface area contributed by atoms with E-state index in [1.54, 1.807) is 0 Å². The number of anilines is 1. The molecule has 34 heavy (non-hydrogen) atoms. The van der Waals surface area contributed by atoms with E-state index in [2.05, 4.69) is 9.50 Å². The minimum absolute atomic E-state index is 0.178. The molecule has 0 atom stereocenters. The van der Waals surface area contributed by atoms with Gasteiger partial charge >= 0.3 is 28.1 Å². The van der Waals surface area contributed by atoms with Gasteiger partial charge in [0, 0.05) is 11.3 Å². The maximum Gasteiger partial charge on any atom is 0.435 e. The zero-order valence-corrected chi connectivity index (χ0v) is 18.0. The summed E-state index contributed by atoms with van der Waals surface area (Å²) in [4.78, 5) is 24.5. The monoisotopic (exact) mass is 516 g/mol. The van der Waals surface area contributed by atoms with Crippen molar-refractivity contribution in [3.8, 4) is 5.75 Å². The molecular weight excluding hydrogens is 501 g/mol. The molecule has 186 valence electrons. The first kappa shape index (κ1) is 26.9. The van der Waals surface area contributed by atoms with Crippen LogP contribution >= 0.6 is 0 Å². The van der Waals surface area contributed by atoms with Crippen molar-refractivity contribution < 1.29 is 52.9 Å². The van der Waals surface area contributed by atoms with Crippen molar-refractivity contribution in [1.82, 2.24) is 0 Å². The lowest BCUT2D eigenvalue weighted by Gasteiger charge is -2.30. The maximum atomic E-state index is 14.3. The normalized spacial score (nSPS) is 12.9. The molecule has 0 aromatic heterocycles. The number of hydrogen-bond donors (Lipinski definition) is 2. The summed E-state index contributed by atoms with van der Waals surface area (Å²) in [5.74, 6) is -3.03. The van der Waals surface area contributed by atoms with Crippen LogP contribution in [0.25, 0.3) is 0 Å². The highest BCUT2D eigenvalue weighted by Gasteiger charge is 2.73. The second-order valence-electron chi connectivity index (χ2n) is 6.97. The standard InChI is InChI=1S/C19H15F7N2O5S/c1-9-8-10(17(20,18(21,22)23)19(24,25)26)6-7-12(9)28-16(30)14-11(15(27)29)4-3-5-13(14)33-34(2,31)32/h3-8H,1-2H3,(H2,27,29)(H,28,30). The summed E-state index contributed by atoms with van der Waals surface area (Å²) in [6, 6.07) is 4.20. The molecule has 0 heterocycles. The van der Waals surface area contributed by atoms with Crippen LogP contribution in [0.15, 0.2) is 36.4 Å². The molecular formula is C19H15F7N2O5S. The van der Waals surface area contributed by atoms with Crippen molar-refractivity contribution >= 4 is 27.6 Å². The van der Waals surface area contributed by atoms with Crippen molar-refractivity contribution in [3.05, 3.63) is 58.7 Å². The van der Waals surface area contributed by atoms with Gasteiger partial charge in [-0.15, -0.1) is 0 Å². The fourth-order valence-electron chi connectivity index (χ4n) is 2.89. The van der Waals surface area contributed by atoms with E-state index >= 15 is 0 Å². The van der Waals surface area contributed by atoms with E-state index in [0.29, 0.717) is 12.3 Å². The SMILES string of the molecule is Cc1cc(C(F)(C(F)(F)F)C(F)(F)F)ccc1NC(=O)c1c(OS(C)(=O)=O)cccc1C(N)=O. The lowest BCUT2D eigenvalue weighted by molar-refractivity contribution is -0.348. The van der Waals surface area contributed by atoms with E-state index in [-0.39, 0.29) is 17.8 Å². The molecule has 0 aliphatic heterocycles. The number of alkyl halides is 7. The Kier molecular flexibility index (Phi) is 6.94. The lowest BCUT2D eigenvalue weighted by Crippen LogP contribution is -2.50. The third kappa shape index (κ3) is 5.24. The van der Waals surface area contributed by atoms with Gasteiger partial charge in [0.25, 0.3) is 5.91 Å². The Labute approximate surface area is 187 Å². The molecule has 0 unspecified atom stereocenters. The molecule has 2 aromatic carbocycles. The number of rotatable bonds is 6. The van der Waals surface area contributed by atoms with Gasteiger partial charge in [-0.1, -0.05) is 18.2 Å². The summed E-state index contributed by atoms with van der Waals surface area (Å²) in [5.41, 5.74) is -4.23. The average Bonchev–Trinajstić information content (AvgIpc) is 2.65. The molecule has 0 spiro atoms. The Morgan fingerprint density at radius 2 is 1.53 bits per heavy atom. The number of carbonyl (C=O) groups is 2. The van der Waals surface area contributed by atoms with Crippen LogP contribution in [0.5, 0.6) is 5.75 Å². The molecule has 0 radical (unpaired) electrons. The lowest BCUT2D eigenvalue weighted by atomic mass is 9.92. The number of benzene rings is 2. The summed E-state index contributed by atoms with van der Waals surface area (Å²) < 4.78 is 120. The molecule has 0 fully saturated rings. The Balaban J connectivity index is 2.55. The van der Waals surface area contributed by atoms with Crippen LogP contribution in [0, 0.1) is 6.92 Å². The zero-order chi connectivity index (χ0) is 26.3. The summed E-state index contributed by atoms with van der Waals surface area (Å²) in [5, 5.41) is 2.10. The van der Waals surface area contributed by atoms with Gasteiger partial charge in [-0.3, -0.25) is 9.59 Å². The quantitative estimate of drug-likeness (QED) is 0.445. The van der Waals surface area contributed by atoms with Crippen LogP contribution < -0.4 is 15.2 Å². The van der Waals surface area contributed by atoms with Crippen molar-refractivity contribution in [2.24, 2.45) is 5.73 Å². The molecule has 2 aromatic rings. The molecule has 7 nitrogen and oxygen atoms in total. The smallest absolute Gasteiger partial charge is 0.382 e. The van der Waals surface area contributed by atoms with E-state index in [9.17, 15) is 48.7 Å². The number of carbonyl (C=O) groups excluding carboxylic acids is 2. The molecule has 0 aliphatic rings. The molecule has 2 amide bonds. The predicted octanol–water partition coefficient (Wildman–Crippen LogP) is 3.97. The van der Waals surface area contributed by atoms with Gasteiger partial charge < -0.3 is 15.2 Å². The van der Waals surface area contributed by atoms with E-state index in [4.69, 9.17) is 5.73 Å². The molecule has 15 heteroatoms. The molecule has 3 N–H and O–H groups in total. The molecule has 0 aliphatic carbocycles. The predicted molar refractivity (Wildman–Crippen MR) is 104 cm³/mol. The van der Waals surface area contributed by atoms with Crippen molar-refractivity contribution in [3.63, 3.8) is 0 Å². The van der Waals surface area contributed by atoms with E-state index < -0.39 is 68.0 Å². The average molecular weight is 516 g/mol. The van der Waals surface area contributed by atoms with Crippen molar-refractivity contribution in [2.75, 3.05) is 11.6 Å². The molecule has 0 saturated heterocycles. The van der Waals surface area contributed by atoms with Crippen LogP contribution in [0.3, 0.4) is 0 Å². The number of hydrogen-bond acceptors (Lipinski definition) is 5. The third-order valence-electron chi connectivity index (χ3n) is 4.41. The molecule has 0 bridgehead atoms. The van der Waals surface area contributed by atoms with Crippen LogP contribution in [-0.4, -0.2) is 38.8 Å². The van der Waals surface area contributed by atoms with Gasteiger partial charge in [0.15, 0.2) is 5.75 Å². The van der Waals surface area contributed by atoms with Gasteiger partial charge in [-0.25, -0.2) is 4.39 Å². The third-order valence-corrected chi connectivity index (χ3v) is 4.90. The number of amides is 2. The summed E-state index contributed by atoms with van der Waals surface area (Å²) in [6.07, 6.45) is -12.0. The maximum absolute atomic E-state index is 14.3. The Morgan fingerprint density at radius 1 is 0.971 bits per heavy atom. The number of primary amides is 1. The van der Waals surface area contributed by atoms with Crippen LogP contribution in [0.1, 0.15) is 31.8 Å². The van der Waals surface area contributed by atoms with Crippen molar-refractivity contribution in [1.29, 1.82) is 0 Å². The van der Waals surface area contributed by atoms with Crippen LogP contribution in [-0.2, 0) is 15.8 Å². The van der Waals surface area contributed by atoms with Gasteiger partial charge in [0.05, 0.1) is 17.4 Å². The van der Waals surface area contributed by atoms with Gasteiger partial charge in [0.1, 0.15) is 0 Å². The van der Waals surface area contributed by atoms with E-state index in [1.165, 1.54) is 0 Å². The first-order valence-corrected chi connectivity index (χ1v) is 10.7. The summed E-state index contributed by atoms with van der Waals surface area (Å²) in [7, 11) is -4.19. The highest BCUT2D eigenvalue weighted by Crippen LogP contribution is 2.53. The van der Waals surface area contributed by atoms with E-state index in [0.717, 1.165) is 25.1 Å². The van der Waals surface area contributed by atoms with Crippen LogP contribution in [0.4, 0.5) is 36.4 Å².